The summed E-state index contributed by atoms with van der Waals surface area (Å²) in [6.07, 6.45) is 4.56. The highest BCUT2D eigenvalue weighted by Crippen LogP contribution is 2.31. The number of hydrogen-bond acceptors (Lipinski definition) is 3. The van der Waals surface area contributed by atoms with Crippen LogP contribution in [0.15, 0.2) is 6.20 Å². The summed E-state index contributed by atoms with van der Waals surface area (Å²) < 4.78 is 1.76. The van der Waals surface area contributed by atoms with Gasteiger partial charge in [-0.1, -0.05) is 0 Å². The van der Waals surface area contributed by atoms with Crippen molar-refractivity contribution < 1.29 is 0 Å². The summed E-state index contributed by atoms with van der Waals surface area (Å²) in [4.78, 5) is 2.15. The van der Waals surface area contributed by atoms with Crippen molar-refractivity contribution in [3.63, 3.8) is 0 Å². The van der Waals surface area contributed by atoms with E-state index in [1.54, 1.807) is 4.68 Å². The molecule has 0 saturated heterocycles. The first-order valence-corrected chi connectivity index (χ1v) is 4.67. The van der Waals surface area contributed by atoms with E-state index in [0.29, 0.717) is 0 Å². The number of aryl methyl sites for hydroxylation is 1. The van der Waals surface area contributed by atoms with E-state index in [1.807, 2.05) is 13.2 Å². The van der Waals surface area contributed by atoms with E-state index in [9.17, 15) is 0 Å². The normalized spacial score (nSPS) is 16.2. The summed E-state index contributed by atoms with van der Waals surface area (Å²) in [5, 5.41) is 4.31. The molecule has 0 unspecified atom stereocenters. The second-order valence-corrected chi connectivity index (χ2v) is 3.91. The molecule has 72 valence electrons. The van der Waals surface area contributed by atoms with Crippen LogP contribution < -0.4 is 10.6 Å². The molecule has 4 nitrogen and oxygen atoms in total. The van der Waals surface area contributed by atoms with Gasteiger partial charge in [-0.05, 0) is 18.8 Å². The average Bonchev–Trinajstić information content (AvgIpc) is 2.77. The van der Waals surface area contributed by atoms with Crippen LogP contribution in [0.1, 0.15) is 12.8 Å². The second kappa shape index (κ2) is 2.94. The van der Waals surface area contributed by atoms with Crippen molar-refractivity contribution in [1.29, 1.82) is 0 Å². The molecule has 1 aliphatic carbocycles. The maximum absolute atomic E-state index is 5.81. The lowest BCUT2D eigenvalue weighted by atomic mass is 10.4. The number of anilines is 2. The quantitative estimate of drug-likeness (QED) is 0.750. The van der Waals surface area contributed by atoms with Gasteiger partial charge in [-0.2, -0.15) is 5.10 Å². The van der Waals surface area contributed by atoms with Gasteiger partial charge in [0.15, 0.2) is 5.82 Å². The lowest BCUT2D eigenvalue weighted by Crippen LogP contribution is -2.21. The Balaban J connectivity index is 2.08. The molecule has 2 rings (SSSR count). The van der Waals surface area contributed by atoms with Crippen LogP contribution >= 0.6 is 0 Å². The van der Waals surface area contributed by atoms with Gasteiger partial charge in [0, 0.05) is 26.8 Å². The average molecular weight is 180 g/mol. The Morgan fingerprint density at radius 1 is 1.69 bits per heavy atom. The topological polar surface area (TPSA) is 47.1 Å². The molecule has 0 aromatic carbocycles. The van der Waals surface area contributed by atoms with Crippen LogP contribution in [0.25, 0.3) is 0 Å². The SMILES string of the molecule is CN(CC1CC1)c1nn(C)cc1N. The Labute approximate surface area is 78.3 Å². The molecule has 0 radical (unpaired) electrons. The zero-order chi connectivity index (χ0) is 9.42. The molecule has 4 heteroatoms. The van der Waals surface area contributed by atoms with E-state index >= 15 is 0 Å². The predicted molar refractivity (Wildman–Crippen MR) is 53.6 cm³/mol. The Bertz CT molecular complexity index is 301. The lowest BCUT2D eigenvalue weighted by molar-refractivity contribution is 0.731. The van der Waals surface area contributed by atoms with Crippen molar-refractivity contribution in [3.8, 4) is 0 Å². The number of rotatable bonds is 3. The molecular weight excluding hydrogens is 164 g/mol. The minimum absolute atomic E-state index is 0.769. The predicted octanol–water partition coefficient (Wildman–Crippen LogP) is 0.849. The second-order valence-electron chi connectivity index (χ2n) is 3.91. The molecule has 1 saturated carbocycles. The first kappa shape index (κ1) is 8.41. The van der Waals surface area contributed by atoms with Crippen molar-refractivity contribution >= 4 is 11.5 Å². The number of nitrogens with zero attached hydrogens (tertiary/aromatic N) is 3. The molecule has 1 heterocycles. The van der Waals surface area contributed by atoms with E-state index in [0.717, 1.165) is 24.0 Å². The number of nitrogen functional groups attached to an aromatic ring is 1. The molecular formula is C9H16N4. The van der Waals surface area contributed by atoms with E-state index in [4.69, 9.17) is 5.73 Å². The van der Waals surface area contributed by atoms with Gasteiger partial charge in [-0.25, -0.2) is 0 Å². The Morgan fingerprint density at radius 3 is 2.85 bits per heavy atom. The van der Waals surface area contributed by atoms with Gasteiger partial charge in [-0.3, -0.25) is 4.68 Å². The molecule has 2 N–H and O–H groups in total. The molecule has 0 spiro atoms. The first-order chi connectivity index (χ1) is 6.16. The lowest BCUT2D eigenvalue weighted by Gasteiger charge is -2.16. The maximum atomic E-state index is 5.81. The van der Waals surface area contributed by atoms with Crippen molar-refractivity contribution in [2.45, 2.75) is 12.8 Å². The van der Waals surface area contributed by atoms with Gasteiger partial charge in [-0.15, -0.1) is 0 Å². The van der Waals surface area contributed by atoms with Gasteiger partial charge in [0.05, 0.1) is 5.69 Å². The third-order valence-electron chi connectivity index (χ3n) is 2.43. The van der Waals surface area contributed by atoms with Crippen molar-refractivity contribution in [2.75, 3.05) is 24.2 Å². The van der Waals surface area contributed by atoms with E-state index in [1.165, 1.54) is 12.8 Å². The summed E-state index contributed by atoms with van der Waals surface area (Å²) >= 11 is 0. The summed E-state index contributed by atoms with van der Waals surface area (Å²) in [6.45, 7) is 1.08. The van der Waals surface area contributed by atoms with Crippen LogP contribution in [0, 0.1) is 5.92 Å². The van der Waals surface area contributed by atoms with E-state index in [2.05, 4.69) is 17.0 Å². The largest absolute Gasteiger partial charge is 0.394 e. The monoisotopic (exact) mass is 180 g/mol. The van der Waals surface area contributed by atoms with Crippen molar-refractivity contribution in [2.24, 2.45) is 13.0 Å². The maximum Gasteiger partial charge on any atom is 0.173 e. The molecule has 0 bridgehead atoms. The highest BCUT2D eigenvalue weighted by molar-refractivity contribution is 5.61. The Hall–Kier alpha value is -1.19. The van der Waals surface area contributed by atoms with Gasteiger partial charge in [0.1, 0.15) is 0 Å². The molecule has 1 aliphatic rings. The number of aromatic nitrogens is 2. The zero-order valence-electron chi connectivity index (χ0n) is 8.20. The van der Waals surface area contributed by atoms with Gasteiger partial charge in [0.2, 0.25) is 0 Å². The van der Waals surface area contributed by atoms with Crippen LogP contribution in [0.4, 0.5) is 11.5 Å². The number of hydrogen-bond donors (Lipinski definition) is 1. The molecule has 13 heavy (non-hydrogen) atoms. The summed E-state index contributed by atoms with van der Waals surface area (Å²) in [5.41, 5.74) is 6.58. The summed E-state index contributed by atoms with van der Waals surface area (Å²) in [5.74, 6) is 1.78. The standard InChI is InChI=1S/C9H16N4/c1-12(5-7-3-4-7)9-8(10)6-13(2)11-9/h6-7H,3-5,10H2,1-2H3. The van der Waals surface area contributed by atoms with Crippen LogP contribution in [0.3, 0.4) is 0 Å². The third-order valence-corrected chi connectivity index (χ3v) is 2.43. The molecule has 1 fully saturated rings. The molecule has 0 atom stereocenters. The first-order valence-electron chi connectivity index (χ1n) is 4.67. The summed E-state index contributed by atoms with van der Waals surface area (Å²) in [6, 6.07) is 0. The third kappa shape index (κ3) is 1.76. The Kier molecular flexibility index (Phi) is 1.90. The highest BCUT2D eigenvalue weighted by atomic mass is 15.3. The smallest absolute Gasteiger partial charge is 0.173 e. The van der Waals surface area contributed by atoms with Crippen LogP contribution in [0.2, 0.25) is 0 Å². The Morgan fingerprint density at radius 2 is 2.38 bits per heavy atom. The van der Waals surface area contributed by atoms with Crippen LogP contribution in [0.5, 0.6) is 0 Å². The molecule has 1 aromatic heterocycles. The zero-order valence-corrected chi connectivity index (χ0v) is 8.20. The summed E-state index contributed by atoms with van der Waals surface area (Å²) in [7, 11) is 3.95. The highest BCUT2D eigenvalue weighted by Gasteiger charge is 2.24. The van der Waals surface area contributed by atoms with Gasteiger partial charge >= 0.3 is 0 Å². The van der Waals surface area contributed by atoms with Crippen molar-refractivity contribution in [1.82, 2.24) is 9.78 Å². The van der Waals surface area contributed by atoms with Gasteiger partial charge in [0.25, 0.3) is 0 Å². The van der Waals surface area contributed by atoms with Crippen molar-refractivity contribution in [3.05, 3.63) is 6.20 Å². The minimum atomic E-state index is 0.769. The van der Waals surface area contributed by atoms with Gasteiger partial charge < -0.3 is 10.6 Å². The fourth-order valence-corrected chi connectivity index (χ4v) is 1.57. The fraction of sp³-hybridized carbons (Fsp3) is 0.667. The van der Waals surface area contributed by atoms with Crippen LogP contribution in [-0.4, -0.2) is 23.4 Å². The van der Waals surface area contributed by atoms with E-state index < -0.39 is 0 Å². The molecule has 0 aliphatic heterocycles. The van der Waals surface area contributed by atoms with Crippen LogP contribution in [-0.2, 0) is 7.05 Å². The van der Waals surface area contributed by atoms with E-state index in [-0.39, 0.29) is 0 Å². The molecule has 0 amide bonds. The minimum Gasteiger partial charge on any atom is -0.394 e. The fourth-order valence-electron chi connectivity index (χ4n) is 1.57. The number of nitrogens with two attached hydrogens (primary N) is 1. The molecule has 1 aromatic rings.